The first-order chi connectivity index (χ1) is 8.16. The monoisotopic (exact) mass is 225 g/mol. The van der Waals surface area contributed by atoms with Gasteiger partial charge in [0.25, 0.3) is 0 Å². The fourth-order valence-electron chi connectivity index (χ4n) is 1.96. The van der Waals surface area contributed by atoms with Crippen LogP contribution in [0.2, 0.25) is 0 Å². The number of Topliss-reactive ketones (excluding diaryl/α,β-unsaturated/α-hetero) is 1. The van der Waals surface area contributed by atoms with Crippen LogP contribution in [0.1, 0.15) is 23.1 Å². The number of carbonyl (C=O) groups excluding carboxylic acids is 1. The molecule has 1 unspecified atom stereocenters. The second-order valence-corrected chi connectivity index (χ2v) is 4.18. The van der Waals surface area contributed by atoms with E-state index >= 15 is 0 Å². The van der Waals surface area contributed by atoms with E-state index in [1.165, 1.54) is 0 Å². The molecule has 84 valence electrons. The van der Waals surface area contributed by atoms with Crippen LogP contribution in [0.3, 0.4) is 0 Å². The van der Waals surface area contributed by atoms with Crippen molar-refractivity contribution in [1.29, 1.82) is 0 Å². The predicted octanol–water partition coefficient (Wildman–Crippen LogP) is 1.56. The molecule has 0 amide bonds. The molecule has 0 aliphatic heterocycles. The van der Waals surface area contributed by atoms with Crippen molar-refractivity contribution in [1.82, 2.24) is 9.97 Å². The van der Waals surface area contributed by atoms with Crippen LogP contribution in [-0.2, 0) is 0 Å². The number of hydrogen-bond acceptors (Lipinski definition) is 4. The van der Waals surface area contributed by atoms with Crippen molar-refractivity contribution in [2.24, 2.45) is 5.73 Å². The third-order valence-corrected chi connectivity index (χ3v) is 2.97. The molecule has 0 radical (unpaired) electrons. The normalized spacial score (nSPS) is 19.1. The van der Waals surface area contributed by atoms with Gasteiger partial charge in [0.15, 0.2) is 0 Å². The summed E-state index contributed by atoms with van der Waals surface area (Å²) in [5.74, 6) is -0.154. The summed E-state index contributed by atoms with van der Waals surface area (Å²) in [4.78, 5) is 20.8. The zero-order valence-corrected chi connectivity index (χ0v) is 9.34. The lowest BCUT2D eigenvalue weighted by Gasteiger charge is -2.17. The van der Waals surface area contributed by atoms with Gasteiger partial charge in [0.05, 0.1) is 22.8 Å². The Hall–Kier alpha value is -2.07. The van der Waals surface area contributed by atoms with Crippen LogP contribution in [-0.4, -0.2) is 21.8 Å². The van der Waals surface area contributed by atoms with Gasteiger partial charge in [-0.3, -0.25) is 4.79 Å². The van der Waals surface area contributed by atoms with E-state index in [1.54, 1.807) is 0 Å². The van der Waals surface area contributed by atoms with Crippen LogP contribution in [0.4, 0.5) is 0 Å². The number of aromatic nitrogens is 2. The molecule has 0 saturated carbocycles. The summed E-state index contributed by atoms with van der Waals surface area (Å²) >= 11 is 0. The summed E-state index contributed by atoms with van der Waals surface area (Å²) in [5.41, 5.74) is 9.13. The van der Waals surface area contributed by atoms with Crippen LogP contribution in [0.25, 0.3) is 17.1 Å². The number of para-hydroxylation sites is 2. The number of carbonyl (C=O) groups is 1. The van der Waals surface area contributed by atoms with Crippen molar-refractivity contribution in [3.8, 4) is 0 Å². The molecule has 0 fully saturated rings. The number of fused-ring (bicyclic) bond motifs is 2. The maximum absolute atomic E-state index is 12.0. The predicted molar refractivity (Wildman–Crippen MR) is 65.5 cm³/mol. The standard InChI is InChI=1S/C13H11N3O/c1-7-6-10-12(13(17)11(7)14)16-9-5-3-2-4-8(9)15-10/h2-6,11H,14H2,1H3. The summed E-state index contributed by atoms with van der Waals surface area (Å²) in [6, 6.07) is 6.91. The number of nitrogens with two attached hydrogens (primary N) is 1. The van der Waals surface area contributed by atoms with Crippen molar-refractivity contribution in [3.63, 3.8) is 0 Å². The maximum atomic E-state index is 12.0. The molecular weight excluding hydrogens is 214 g/mol. The SMILES string of the molecule is CC1=Cc2nc3ccccc3nc2C(=O)C1N. The molecule has 0 bridgehead atoms. The van der Waals surface area contributed by atoms with Crippen LogP contribution in [0.15, 0.2) is 29.8 Å². The van der Waals surface area contributed by atoms with E-state index < -0.39 is 6.04 Å². The van der Waals surface area contributed by atoms with Gasteiger partial charge >= 0.3 is 0 Å². The Bertz CT molecular complexity index is 661. The van der Waals surface area contributed by atoms with Gasteiger partial charge in [-0.05, 0) is 30.7 Å². The number of benzene rings is 1. The number of rotatable bonds is 0. The topological polar surface area (TPSA) is 68.9 Å². The molecular formula is C13H11N3O. The van der Waals surface area contributed by atoms with Crippen molar-refractivity contribution < 1.29 is 4.79 Å². The minimum Gasteiger partial charge on any atom is -0.318 e. The third kappa shape index (κ3) is 1.45. The Morgan fingerprint density at radius 1 is 1.18 bits per heavy atom. The molecule has 4 nitrogen and oxygen atoms in total. The van der Waals surface area contributed by atoms with Gasteiger partial charge in [-0.25, -0.2) is 9.97 Å². The maximum Gasteiger partial charge on any atom is 0.204 e. The molecule has 17 heavy (non-hydrogen) atoms. The van der Waals surface area contributed by atoms with E-state index in [2.05, 4.69) is 9.97 Å². The van der Waals surface area contributed by atoms with E-state index in [0.29, 0.717) is 11.4 Å². The second-order valence-electron chi connectivity index (χ2n) is 4.18. The molecule has 1 heterocycles. The lowest BCUT2D eigenvalue weighted by Crippen LogP contribution is -2.35. The summed E-state index contributed by atoms with van der Waals surface area (Å²) < 4.78 is 0. The van der Waals surface area contributed by atoms with Crippen molar-refractivity contribution >= 4 is 22.9 Å². The molecule has 2 aromatic rings. The van der Waals surface area contributed by atoms with Crippen molar-refractivity contribution in [3.05, 3.63) is 41.2 Å². The molecule has 2 N–H and O–H groups in total. The Kier molecular flexibility index (Phi) is 2.06. The van der Waals surface area contributed by atoms with Gasteiger partial charge in [0.1, 0.15) is 5.69 Å². The first-order valence-corrected chi connectivity index (χ1v) is 5.41. The van der Waals surface area contributed by atoms with Crippen LogP contribution < -0.4 is 5.73 Å². The zero-order valence-electron chi connectivity index (χ0n) is 9.34. The van der Waals surface area contributed by atoms with E-state index in [4.69, 9.17) is 5.73 Å². The highest BCUT2D eigenvalue weighted by atomic mass is 16.1. The van der Waals surface area contributed by atoms with Gasteiger partial charge in [-0.2, -0.15) is 0 Å². The Labute approximate surface area is 98.2 Å². The average molecular weight is 225 g/mol. The summed E-state index contributed by atoms with van der Waals surface area (Å²) in [6.45, 7) is 1.84. The van der Waals surface area contributed by atoms with Gasteiger partial charge in [-0.15, -0.1) is 0 Å². The summed E-state index contributed by atoms with van der Waals surface area (Å²) in [6.07, 6.45) is 1.83. The molecule has 3 rings (SSSR count). The molecule has 0 spiro atoms. The minimum atomic E-state index is -0.585. The van der Waals surface area contributed by atoms with E-state index in [1.807, 2.05) is 37.3 Å². The van der Waals surface area contributed by atoms with Gasteiger partial charge in [0.2, 0.25) is 5.78 Å². The van der Waals surface area contributed by atoms with E-state index in [-0.39, 0.29) is 5.78 Å². The number of nitrogens with zero attached hydrogens (tertiary/aromatic N) is 2. The van der Waals surface area contributed by atoms with Crippen molar-refractivity contribution in [2.75, 3.05) is 0 Å². The van der Waals surface area contributed by atoms with Crippen LogP contribution in [0, 0.1) is 0 Å². The van der Waals surface area contributed by atoms with Gasteiger partial charge < -0.3 is 5.73 Å². The molecule has 1 aliphatic carbocycles. The van der Waals surface area contributed by atoms with Gasteiger partial charge in [0, 0.05) is 0 Å². The Balaban J connectivity index is 2.34. The Morgan fingerprint density at radius 2 is 1.82 bits per heavy atom. The minimum absolute atomic E-state index is 0.154. The first kappa shape index (κ1) is 10.1. The van der Waals surface area contributed by atoms with E-state index in [0.717, 1.165) is 16.6 Å². The molecule has 4 heteroatoms. The fourth-order valence-corrected chi connectivity index (χ4v) is 1.96. The van der Waals surface area contributed by atoms with Crippen molar-refractivity contribution in [2.45, 2.75) is 13.0 Å². The van der Waals surface area contributed by atoms with E-state index in [9.17, 15) is 4.79 Å². The fraction of sp³-hybridized carbons (Fsp3) is 0.154. The highest BCUT2D eigenvalue weighted by Crippen LogP contribution is 2.22. The lowest BCUT2D eigenvalue weighted by molar-refractivity contribution is 0.0967. The summed E-state index contributed by atoms with van der Waals surface area (Å²) in [7, 11) is 0. The lowest BCUT2D eigenvalue weighted by atomic mass is 9.94. The highest BCUT2D eigenvalue weighted by molar-refractivity contribution is 6.06. The number of hydrogen-bond donors (Lipinski definition) is 1. The second kappa shape index (κ2) is 3.46. The molecule has 1 atom stereocenters. The molecule has 1 aliphatic rings. The molecule has 1 aromatic carbocycles. The van der Waals surface area contributed by atoms with Gasteiger partial charge in [-0.1, -0.05) is 12.1 Å². The quantitative estimate of drug-likeness (QED) is 0.738. The average Bonchev–Trinajstić information content (AvgIpc) is 2.34. The third-order valence-electron chi connectivity index (χ3n) is 2.97. The molecule has 0 saturated heterocycles. The van der Waals surface area contributed by atoms with Crippen LogP contribution >= 0.6 is 0 Å². The zero-order chi connectivity index (χ0) is 12.0. The molecule has 1 aromatic heterocycles. The largest absolute Gasteiger partial charge is 0.318 e. The number of ketones is 1. The Morgan fingerprint density at radius 3 is 2.53 bits per heavy atom. The summed E-state index contributed by atoms with van der Waals surface area (Å²) in [5, 5.41) is 0. The van der Waals surface area contributed by atoms with Crippen LogP contribution in [0.5, 0.6) is 0 Å². The smallest absolute Gasteiger partial charge is 0.204 e. The first-order valence-electron chi connectivity index (χ1n) is 5.41. The highest BCUT2D eigenvalue weighted by Gasteiger charge is 2.27.